The van der Waals surface area contributed by atoms with E-state index in [-0.39, 0.29) is 17.0 Å². The Morgan fingerprint density at radius 2 is 1.11 bits per heavy atom. The maximum atomic E-state index is 5.61. The fourth-order valence-corrected chi connectivity index (χ4v) is 2.55. The molecule has 0 rings (SSSR count). The van der Waals surface area contributed by atoms with Crippen LogP contribution in [0.25, 0.3) is 0 Å². The average molecular weight is 338 g/mol. The van der Waals surface area contributed by atoms with Gasteiger partial charge in [-0.05, 0) is 26.2 Å². The molecule has 0 bridgehead atoms. The number of ether oxygens (including phenoxy) is 1. The highest BCUT2D eigenvalue weighted by atomic mass is 79.9. The van der Waals surface area contributed by atoms with Crippen LogP contribution in [0.1, 0.15) is 66.2 Å². The van der Waals surface area contributed by atoms with Crippen LogP contribution in [0.5, 0.6) is 0 Å². The molecular weight excluding hydrogens is 302 g/mol. The number of halogens is 1. The Labute approximate surface area is 132 Å². The molecule has 0 aliphatic carbocycles. The molecule has 0 aliphatic heterocycles. The van der Waals surface area contributed by atoms with Crippen molar-refractivity contribution in [2.45, 2.75) is 66.2 Å². The first-order valence-corrected chi connectivity index (χ1v) is 8.17. The summed E-state index contributed by atoms with van der Waals surface area (Å²) < 4.78 is 6.91. The van der Waals surface area contributed by atoms with Gasteiger partial charge in [-0.1, -0.05) is 40.0 Å². The Bertz CT molecular complexity index is 154. The molecule has 0 fully saturated rings. The Hall–Kier alpha value is 0.400. The van der Waals surface area contributed by atoms with Gasteiger partial charge in [0, 0.05) is 6.61 Å². The van der Waals surface area contributed by atoms with Gasteiger partial charge in [0.2, 0.25) is 0 Å². The van der Waals surface area contributed by atoms with Crippen molar-refractivity contribution in [2.75, 3.05) is 39.4 Å². The number of quaternary nitrogens is 1. The highest BCUT2D eigenvalue weighted by molar-refractivity contribution is 4.48. The molecule has 0 aliphatic rings. The van der Waals surface area contributed by atoms with E-state index in [0.29, 0.717) is 0 Å². The van der Waals surface area contributed by atoms with Crippen LogP contribution in [0.4, 0.5) is 0 Å². The number of nitrogens with zero attached hydrogens (tertiary/aromatic N) is 1. The van der Waals surface area contributed by atoms with Gasteiger partial charge >= 0.3 is 0 Å². The minimum absolute atomic E-state index is 0. The van der Waals surface area contributed by atoms with Crippen LogP contribution in [0.2, 0.25) is 0 Å². The zero-order chi connectivity index (χ0) is 13.7. The molecule has 0 aromatic rings. The van der Waals surface area contributed by atoms with E-state index >= 15 is 0 Å². The number of hydrogen-bond donors (Lipinski definition) is 0. The molecular formula is C16H36BrNO. The number of hydrogen-bond acceptors (Lipinski definition) is 1. The van der Waals surface area contributed by atoms with Crippen molar-refractivity contribution in [1.82, 2.24) is 0 Å². The van der Waals surface area contributed by atoms with E-state index in [1.165, 1.54) is 69.2 Å². The van der Waals surface area contributed by atoms with Crippen molar-refractivity contribution in [3.05, 3.63) is 0 Å². The lowest BCUT2D eigenvalue weighted by Crippen LogP contribution is -3.00. The second kappa shape index (κ2) is 14.8. The first kappa shape index (κ1) is 21.7. The van der Waals surface area contributed by atoms with Gasteiger partial charge in [-0.3, -0.25) is 0 Å². The normalized spacial score (nSPS) is 11.4. The summed E-state index contributed by atoms with van der Waals surface area (Å²) in [4.78, 5) is 0. The summed E-state index contributed by atoms with van der Waals surface area (Å²) >= 11 is 0. The Morgan fingerprint density at radius 3 is 1.42 bits per heavy atom. The van der Waals surface area contributed by atoms with Crippen molar-refractivity contribution in [3.63, 3.8) is 0 Å². The van der Waals surface area contributed by atoms with Crippen molar-refractivity contribution < 1.29 is 26.2 Å². The van der Waals surface area contributed by atoms with Gasteiger partial charge in [-0.25, -0.2) is 0 Å². The molecule has 2 nitrogen and oxygen atoms in total. The van der Waals surface area contributed by atoms with Crippen molar-refractivity contribution >= 4 is 0 Å². The van der Waals surface area contributed by atoms with E-state index in [9.17, 15) is 0 Å². The smallest absolute Gasteiger partial charge is 0.102 e. The SMILES string of the molecule is CCCC[N+](CCCC)(CCCC)CCOCC.[Br-]. The van der Waals surface area contributed by atoms with Gasteiger partial charge in [0.05, 0.1) is 26.2 Å². The van der Waals surface area contributed by atoms with E-state index in [4.69, 9.17) is 4.74 Å². The summed E-state index contributed by atoms with van der Waals surface area (Å²) in [7, 11) is 0. The minimum Gasteiger partial charge on any atom is -1.00 e. The molecule has 0 saturated carbocycles. The second-order valence-electron chi connectivity index (χ2n) is 5.49. The zero-order valence-electron chi connectivity index (χ0n) is 13.7. The highest BCUT2D eigenvalue weighted by Gasteiger charge is 2.25. The zero-order valence-corrected chi connectivity index (χ0v) is 15.3. The number of unbranched alkanes of at least 4 members (excludes halogenated alkanes) is 3. The molecule has 0 heterocycles. The molecule has 0 N–H and O–H groups in total. The summed E-state index contributed by atoms with van der Waals surface area (Å²) in [6.07, 6.45) is 8.02. The van der Waals surface area contributed by atoms with E-state index < -0.39 is 0 Å². The van der Waals surface area contributed by atoms with Crippen LogP contribution in [-0.4, -0.2) is 43.9 Å². The van der Waals surface area contributed by atoms with E-state index in [1.807, 2.05) is 0 Å². The summed E-state index contributed by atoms with van der Waals surface area (Å²) in [6, 6.07) is 0. The Morgan fingerprint density at radius 1 is 0.684 bits per heavy atom. The molecule has 118 valence electrons. The Kier molecular flexibility index (Phi) is 16.9. The maximum Gasteiger partial charge on any atom is 0.102 e. The van der Waals surface area contributed by atoms with Crippen molar-refractivity contribution in [1.29, 1.82) is 0 Å². The fraction of sp³-hybridized carbons (Fsp3) is 1.00. The van der Waals surface area contributed by atoms with E-state index in [2.05, 4.69) is 27.7 Å². The highest BCUT2D eigenvalue weighted by Crippen LogP contribution is 2.14. The fourth-order valence-electron chi connectivity index (χ4n) is 2.55. The van der Waals surface area contributed by atoms with Gasteiger partial charge in [0.15, 0.2) is 0 Å². The summed E-state index contributed by atoms with van der Waals surface area (Å²) in [5, 5.41) is 0. The third kappa shape index (κ3) is 10.8. The molecule has 0 aromatic carbocycles. The number of rotatable bonds is 13. The largest absolute Gasteiger partial charge is 1.00 e. The lowest BCUT2D eigenvalue weighted by molar-refractivity contribution is -0.929. The lowest BCUT2D eigenvalue weighted by atomic mass is 10.1. The first-order valence-electron chi connectivity index (χ1n) is 8.17. The van der Waals surface area contributed by atoms with Gasteiger partial charge in [-0.15, -0.1) is 0 Å². The summed E-state index contributed by atoms with van der Waals surface area (Å²) in [6.45, 7) is 16.1. The molecule has 0 unspecified atom stereocenters. The molecule has 3 heteroatoms. The van der Waals surface area contributed by atoms with E-state index in [0.717, 1.165) is 13.2 Å². The van der Waals surface area contributed by atoms with Crippen LogP contribution in [0.3, 0.4) is 0 Å². The third-order valence-corrected chi connectivity index (χ3v) is 3.87. The molecule has 0 saturated heterocycles. The van der Waals surface area contributed by atoms with Crippen LogP contribution in [0, 0.1) is 0 Å². The predicted octanol–water partition coefficient (Wildman–Crippen LogP) is 1.24. The topological polar surface area (TPSA) is 9.23 Å². The molecule has 19 heavy (non-hydrogen) atoms. The van der Waals surface area contributed by atoms with Crippen molar-refractivity contribution in [2.24, 2.45) is 0 Å². The monoisotopic (exact) mass is 337 g/mol. The maximum absolute atomic E-state index is 5.61. The summed E-state index contributed by atoms with van der Waals surface area (Å²) in [5.74, 6) is 0. The van der Waals surface area contributed by atoms with Crippen LogP contribution in [-0.2, 0) is 4.74 Å². The van der Waals surface area contributed by atoms with E-state index in [1.54, 1.807) is 0 Å². The lowest BCUT2D eigenvalue weighted by Gasteiger charge is -2.39. The van der Waals surface area contributed by atoms with Gasteiger partial charge in [0.25, 0.3) is 0 Å². The second-order valence-corrected chi connectivity index (χ2v) is 5.49. The van der Waals surface area contributed by atoms with Gasteiger partial charge in [0.1, 0.15) is 6.54 Å². The predicted molar refractivity (Wildman–Crippen MR) is 80.9 cm³/mol. The van der Waals surface area contributed by atoms with Crippen LogP contribution >= 0.6 is 0 Å². The first-order chi connectivity index (χ1) is 8.74. The van der Waals surface area contributed by atoms with Crippen LogP contribution < -0.4 is 17.0 Å². The molecule has 0 amide bonds. The standard InChI is InChI=1S/C16H36NO.BrH/c1-5-9-12-17(13-10-6-2,14-11-7-3)15-16-18-8-4;/h5-16H2,1-4H3;1H/q+1;/p-1. The molecule has 0 aromatic heterocycles. The van der Waals surface area contributed by atoms with Gasteiger partial charge < -0.3 is 26.2 Å². The van der Waals surface area contributed by atoms with Crippen molar-refractivity contribution in [3.8, 4) is 0 Å². The summed E-state index contributed by atoms with van der Waals surface area (Å²) in [5.41, 5.74) is 0. The average Bonchev–Trinajstić information content (AvgIpc) is 2.40. The minimum atomic E-state index is 0. The third-order valence-electron chi connectivity index (χ3n) is 3.87. The van der Waals surface area contributed by atoms with Crippen LogP contribution in [0.15, 0.2) is 0 Å². The van der Waals surface area contributed by atoms with Gasteiger partial charge in [-0.2, -0.15) is 0 Å². The Balaban J connectivity index is 0. The molecule has 0 atom stereocenters. The molecule has 0 radical (unpaired) electrons. The quantitative estimate of drug-likeness (QED) is 0.363. The molecule has 0 spiro atoms.